The third-order valence-electron chi connectivity index (χ3n) is 4.63. The molecule has 1 aromatic heterocycles. The van der Waals surface area contributed by atoms with E-state index in [1.54, 1.807) is 11.6 Å². The minimum atomic E-state index is -0.556. The molecule has 0 saturated carbocycles. The quantitative estimate of drug-likeness (QED) is 0.716. The predicted octanol–water partition coefficient (Wildman–Crippen LogP) is 3.49. The van der Waals surface area contributed by atoms with Gasteiger partial charge in [0.25, 0.3) is 5.91 Å². The number of amides is 1. The minimum absolute atomic E-state index is 0.0200. The summed E-state index contributed by atoms with van der Waals surface area (Å²) in [4.78, 5) is 24.8. The molecule has 0 aliphatic rings. The number of rotatable bonds is 5. The van der Waals surface area contributed by atoms with Gasteiger partial charge >= 0.3 is 0 Å². The molecule has 0 fully saturated rings. The number of carbonyl (C=O) groups excluding carboxylic acids is 1. The van der Waals surface area contributed by atoms with Gasteiger partial charge in [-0.15, -0.1) is 0 Å². The SMILES string of the molecule is CC(C)NC(=O)c1c(O)c(=O)cc(Cc2ccccc2-c2ccccc2)n1C. The van der Waals surface area contributed by atoms with Gasteiger partial charge in [0.15, 0.2) is 11.4 Å². The van der Waals surface area contributed by atoms with Crippen molar-refractivity contribution in [1.82, 2.24) is 9.88 Å². The summed E-state index contributed by atoms with van der Waals surface area (Å²) < 4.78 is 1.59. The van der Waals surface area contributed by atoms with Crippen molar-refractivity contribution in [2.75, 3.05) is 0 Å². The first kappa shape index (κ1) is 19.4. The van der Waals surface area contributed by atoms with Gasteiger partial charge in [0, 0.05) is 31.3 Å². The third kappa shape index (κ3) is 3.98. The van der Waals surface area contributed by atoms with Crippen molar-refractivity contribution >= 4 is 5.91 Å². The summed E-state index contributed by atoms with van der Waals surface area (Å²) in [5, 5.41) is 12.9. The topological polar surface area (TPSA) is 71.3 Å². The van der Waals surface area contributed by atoms with E-state index in [1.807, 2.05) is 68.4 Å². The van der Waals surface area contributed by atoms with Crippen molar-refractivity contribution in [2.45, 2.75) is 26.3 Å². The second kappa shape index (κ2) is 8.13. The highest BCUT2D eigenvalue weighted by Crippen LogP contribution is 2.26. The van der Waals surface area contributed by atoms with Crippen LogP contribution in [-0.4, -0.2) is 21.6 Å². The van der Waals surface area contributed by atoms with E-state index in [1.165, 1.54) is 6.07 Å². The standard InChI is InChI=1S/C23H24N2O3/c1-15(2)24-23(28)21-22(27)20(26)14-18(25(21)3)13-17-11-7-8-12-19(17)16-9-5-4-6-10-16/h4-12,14-15,27H,13H2,1-3H3,(H,24,28). The molecule has 5 nitrogen and oxygen atoms in total. The van der Waals surface area contributed by atoms with E-state index in [-0.39, 0.29) is 11.7 Å². The number of nitrogens with one attached hydrogen (secondary N) is 1. The summed E-state index contributed by atoms with van der Waals surface area (Å²) in [6.45, 7) is 3.65. The Balaban J connectivity index is 2.07. The van der Waals surface area contributed by atoms with Gasteiger partial charge in [-0.25, -0.2) is 0 Å². The molecule has 0 unspecified atom stereocenters. The van der Waals surface area contributed by atoms with E-state index in [0.29, 0.717) is 12.1 Å². The number of aromatic nitrogens is 1. The Hall–Kier alpha value is -3.34. The predicted molar refractivity (Wildman–Crippen MR) is 111 cm³/mol. The van der Waals surface area contributed by atoms with Gasteiger partial charge in [-0.1, -0.05) is 54.6 Å². The van der Waals surface area contributed by atoms with Gasteiger partial charge in [0.2, 0.25) is 5.43 Å². The van der Waals surface area contributed by atoms with Crippen LogP contribution in [0.2, 0.25) is 0 Å². The summed E-state index contributed by atoms with van der Waals surface area (Å²) in [7, 11) is 1.69. The molecule has 0 bridgehead atoms. The Morgan fingerprint density at radius 1 is 1.07 bits per heavy atom. The second-order valence-corrected chi connectivity index (χ2v) is 7.08. The number of aromatic hydroxyl groups is 1. The van der Waals surface area contributed by atoms with Crippen molar-refractivity contribution in [3.63, 3.8) is 0 Å². The van der Waals surface area contributed by atoms with Crippen LogP contribution in [0.1, 0.15) is 35.6 Å². The Labute approximate surface area is 164 Å². The Bertz CT molecular complexity index is 1050. The fraction of sp³-hybridized carbons (Fsp3) is 0.217. The largest absolute Gasteiger partial charge is 0.503 e. The lowest BCUT2D eigenvalue weighted by Gasteiger charge is -2.18. The number of hydrogen-bond acceptors (Lipinski definition) is 3. The molecule has 0 aliphatic carbocycles. The first-order valence-electron chi connectivity index (χ1n) is 9.24. The molecule has 5 heteroatoms. The van der Waals surface area contributed by atoms with Crippen LogP contribution in [0.5, 0.6) is 5.75 Å². The van der Waals surface area contributed by atoms with Crippen molar-refractivity contribution in [1.29, 1.82) is 0 Å². The highest BCUT2D eigenvalue weighted by Gasteiger charge is 2.20. The van der Waals surface area contributed by atoms with E-state index in [9.17, 15) is 14.7 Å². The molecular formula is C23H24N2O3. The normalized spacial score (nSPS) is 10.9. The molecule has 3 rings (SSSR count). The van der Waals surface area contributed by atoms with Gasteiger partial charge in [0.05, 0.1) is 0 Å². The Kier molecular flexibility index (Phi) is 5.64. The second-order valence-electron chi connectivity index (χ2n) is 7.08. The number of pyridine rings is 1. The zero-order valence-corrected chi connectivity index (χ0v) is 16.3. The summed E-state index contributed by atoms with van der Waals surface area (Å²) in [5.41, 5.74) is 3.26. The number of nitrogens with zero attached hydrogens (tertiary/aromatic N) is 1. The summed E-state index contributed by atoms with van der Waals surface area (Å²) in [6.07, 6.45) is 0.457. The van der Waals surface area contributed by atoms with E-state index in [4.69, 9.17) is 0 Å². The van der Waals surface area contributed by atoms with Crippen molar-refractivity contribution in [3.05, 3.63) is 87.8 Å². The van der Waals surface area contributed by atoms with Crippen LogP contribution >= 0.6 is 0 Å². The number of carbonyl (C=O) groups is 1. The van der Waals surface area contributed by atoms with Crippen LogP contribution in [-0.2, 0) is 13.5 Å². The van der Waals surface area contributed by atoms with Crippen LogP contribution in [0.4, 0.5) is 0 Å². The van der Waals surface area contributed by atoms with Gasteiger partial charge in [-0.2, -0.15) is 0 Å². The smallest absolute Gasteiger partial charge is 0.272 e. The molecule has 0 atom stereocenters. The highest BCUT2D eigenvalue weighted by atomic mass is 16.3. The van der Waals surface area contributed by atoms with Gasteiger partial charge < -0.3 is 15.0 Å². The highest BCUT2D eigenvalue weighted by molar-refractivity contribution is 5.95. The van der Waals surface area contributed by atoms with E-state index in [2.05, 4.69) is 5.32 Å². The Morgan fingerprint density at radius 3 is 2.39 bits per heavy atom. The monoisotopic (exact) mass is 376 g/mol. The summed E-state index contributed by atoms with van der Waals surface area (Å²) >= 11 is 0. The molecule has 2 aromatic carbocycles. The van der Waals surface area contributed by atoms with Crippen LogP contribution in [0, 0.1) is 0 Å². The van der Waals surface area contributed by atoms with Crippen LogP contribution in [0.3, 0.4) is 0 Å². The molecule has 1 amide bonds. The summed E-state index contributed by atoms with van der Waals surface area (Å²) in [6, 6.07) is 19.3. The van der Waals surface area contributed by atoms with E-state index >= 15 is 0 Å². The lowest BCUT2D eigenvalue weighted by atomic mass is 9.96. The maximum Gasteiger partial charge on any atom is 0.272 e. The molecular weight excluding hydrogens is 352 g/mol. The molecule has 3 aromatic rings. The number of benzene rings is 2. The van der Waals surface area contributed by atoms with Crippen molar-refractivity contribution < 1.29 is 9.90 Å². The molecule has 1 heterocycles. The maximum absolute atomic E-state index is 12.5. The fourth-order valence-electron chi connectivity index (χ4n) is 3.26. The fourth-order valence-corrected chi connectivity index (χ4v) is 3.26. The van der Waals surface area contributed by atoms with Gasteiger partial charge in [-0.05, 0) is 30.5 Å². The molecule has 0 aliphatic heterocycles. The van der Waals surface area contributed by atoms with Gasteiger partial charge in [0.1, 0.15) is 0 Å². The molecule has 144 valence electrons. The molecule has 2 N–H and O–H groups in total. The summed E-state index contributed by atoms with van der Waals surface area (Å²) in [5.74, 6) is -0.994. The number of hydrogen-bond donors (Lipinski definition) is 2. The molecule has 0 spiro atoms. The zero-order chi connectivity index (χ0) is 20.3. The average molecular weight is 376 g/mol. The van der Waals surface area contributed by atoms with Gasteiger partial charge in [-0.3, -0.25) is 9.59 Å². The lowest BCUT2D eigenvalue weighted by Crippen LogP contribution is -2.33. The molecule has 0 saturated heterocycles. The maximum atomic E-state index is 12.5. The van der Waals surface area contributed by atoms with Crippen LogP contribution in [0.25, 0.3) is 11.1 Å². The van der Waals surface area contributed by atoms with Crippen molar-refractivity contribution in [2.24, 2.45) is 7.05 Å². The van der Waals surface area contributed by atoms with Crippen LogP contribution < -0.4 is 10.7 Å². The zero-order valence-electron chi connectivity index (χ0n) is 16.3. The minimum Gasteiger partial charge on any atom is -0.503 e. The third-order valence-corrected chi connectivity index (χ3v) is 4.63. The van der Waals surface area contributed by atoms with E-state index < -0.39 is 17.1 Å². The first-order valence-corrected chi connectivity index (χ1v) is 9.24. The average Bonchev–Trinajstić information content (AvgIpc) is 2.67. The first-order chi connectivity index (χ1) is 13.4. The molecule has 0 radical (unpaired) electrons. The van der Waals surface area contributed by atoms with Crippen molar-refractivity contribution in [3.8, 4) is 16.9 Å². The lowest BCUT2D eigenvalue weighted by molar-refractivity contribution is 0.0930. The van der Waals surface area contributed by atoms with E-state index in [0.717, 1.165) is 16.7 Å². The Morgan fingerprint density at radius 2 is 1.71 bits per heavy atom. The molecule has 28 heavy (non-hydrogen) atoms. The van der Waals surface area contributed by atoms with Crippen LogP contribution in [0.15, 0.2) is 65.5 Å².